The second-order valence-electron chi connectivity index (χ2n) is 4.91. The number of aromatic nitrogens is 1. The summed E-state index contributed by atoms with van der Waals surface area (Å²) < 4.78 is 29.0. The third-order valence-electron chi connectivity index (χ3n) is 3.18. The van der Waals surface area contributed by atoms with Crippen LogP contribution >= 0.6 is 0 Å². The predicted octanol–water partition coefficient (Wildman–Crippen LogP) is 1.12. The lowest BCUT2D eigenvalue weighted by atomic mass is 10.1. The van der Waals surface area contributed by atoms with Gasteiger partial charge >= 0.3 is 0 Å². The van der Waals surface area contributed by atoms with Gasteiger partial charge in [-0.1, -0.05) is 6.07 Å². The van der Waals surface area contributed by atoms with Crippen molar-refractivity contribution in [2.75, 3.05) is 13.2 Å². The molecule has 1 atom stereocenters. The topological polar surface area (TPSA) is 80.3 Å². The molecule has 0 radical (unpaired) electrons. The van der Waals surface area contributed by atoms with Gasteiger partial charge in [0.1, 0.15) is 5.69 Å². The minimum absolute atomic E-state index is 0.0225. The fourth-order valence-corrected chi connectivity index (χ4v) is 2.10. The Morgan fingerprint density at radius 3 is 3.05 bits per heavy atom. The van der Waals surface area contributed by atoms with Gasteiger partial charge in [0.15, 0.2) is 6.61 Å². The molecule has 2 rings (SSSR count). The zero-order valence-corrected chi connectivity index (χ0v) is 11.9. The van der Waals surface area contributed by atoms with E-state index in [1.165, 1.54) is 18.2 Å². The molecule has 8 heteroatoms. The van der Waals surface area contributed by atoms with E-state index in [4.69, 9.17) is 4.74 Å². The van der Waals surface area contributed by atoms with Gasteiger partial charge in [-0.2, -0.15) is 0 Å². The van der Waals surface area contributed by atoms with Crippen molar-refractivity contribution < 1.29 is 23.1 Å². The number of nitrogens with one attached hydrogen (secondary N) is 2. The Morgan fingerprint density at radius 2 is 2.27 bits per heavy atom. The van der Waals surface area contributed by atoms with Crippen LogP contribution in [0.15, 0.2) is 18.2 Å². The van der Waals surface area contributed by atoms with E-state index in [0.29, 0.717) is 25.8 Å². The van der Waals surface area contributed by atoms with E-state index in [0.717, 1.165) is 0 Å². The lowest BCUT2D eigenvalue weighted by Crippen LogP contribution is -2.35. The van der Waals surface area contributed by atoms with Crippen LogP contribution in [0.3, 0.4) is 0 Å². The van der Waals surface area contributed by atoms with Crippen LogP contribution in [0.25, 0.3) is 0 Å². The van der Waals surface area contributed by atoms with Gasteiger partial charge in [0.2, 0.25) is 11.8 Å². The van der Waals surface area contributed by atoms with E-state index < -0.39 is 18.9 Å². The molecule has 1 aromatic heterocycles. The first-order valence-corrected chi connectivity index (χ1v) is 7.00. The Kier molecular flexibility index (Phi) is 5.62. The Morgan fingerprint density at radius 1 is 1.45 bits per heavy atom. The summed E-state index contributed by atoms with van der Waals surface area (Å²) in [5.41, 5.74) is 0.0929. The van der Waals surface area contributed by atoms with Gasteiger partial charge in [0.25, 0.3) is 12.3 Å². The Labute approximate surface area is 126 Å². The van der Waals surface area contributed by atoms with Crippen LogP contribution in [-0.4, -0.2) is 42.4 Å². The molecule has 0 bridgehead atoms. The molecule has 1 saturated heterocycles. The van der Waals surface area contributed by atoms with Gasteiger partial charge in [-0.15, -0.1) is 0 Å². The molecule has 0 saturated carbocycles. The number of rotatable bonds is 5. The van der Waals surface area contributed by atoms with Crippen molar-refractivity contribution in [3.05, 3.63) is 23.9 Å². The number of carbonyl (C=O) groups excluding carboxylic acids is 2. The Bertz CT molecular complexity index is 540. The van der Waals surface area contributed by atoms with E-state index >= 15 is 0 Å². The third kappa shape index (κ3) is 4.94. The smallest absolute Gasteiger partial charge is 0.272 e. The van der Waals surface area contributed by atoms with Gasteiger partial charge < -0.3 is 15.4 Å². The summed E-state index contributed by atoms with van der Waals surface area (Å²) in [5.74, 6) is -0.468. The predicted molar refractivity (Wildman–Crippen MR) is 73.9 cm³/mol. The molecule has 120 valence electrons. The summed E-state index contributed by atoms with van der Waals surface area (Å²) >= 11 is 0. The van der Waals surface area contributed by atoms with Crippen molar-refractivity contribution >= 4 is 11.8 Å². The van der Waals surface area contributed by atoms with Crippen molar-refractivity contribution in [2.45, 2.75) is 31.7 Å². The first kappa shape index (κ1) is 16.1. The molecule has 1 unspecified atom stereocenters. The molecule has 6 nitrogen and oxygen atoms in total. The molecular weight excluding hydrogens is 296 g/mol. The monoisotopic (exact) mass is 313 g/mol. The van der Waals surface area contributed by atoms with Crippen LogP contribution in [0.5, 0.6) is 5.88 Å². The van der Waals surface area contributed by atoms with E-state index in [1.54, 1.807) is 0 Å². The van der Waals surface area contributed by atoms with Crippen molar-refractivity contribution in [3.63, 3.8) is 0 Å². The Balaban J connectivity index is 1.94. The number of ether oxygens (including phenoxy) is 1. The number of hydrogen-bond donors (Lipinski definition) is 2. The Hall–Kier alpha value is -2.25. The quantitative estimate of drug-likeness (QED) is 0.854. The second-order valence-corrected chi connectivity index (χ2v) is 4.91. The molecule has 2 N–H and O–H groups in total. The van der Waals surface area contributed by atoms with Crippen molar-refractivity contribution in [3.8, 4) is 5.88 Å². The fraction of sp³-hybridized carbons (Fsp3) is 0.500. The fourth-order valence-electron chi connectivity index (χ4n) is 2.10. The largest absolute Gasteiger partial charge is 0.472 e. The van der Waals surface area contributed by atoms with Gasteiger partial charge in [0.05, 0.1) is 0 Å². The van der Waals surface area contributed by atoms with E-state index in [-0.39, 0.29) is 23.5 Å². The van der Waals surface area contributed by atoms with Crippen molar-refractivity contribution in [1.29, 1.82) is 0 Å². The average Bonchev–Trinajstić information content (AvgIpc) is 2.70. The normalized spacial score (nSPS) is 18.5. The number of pyridine rings is 1. The summed E-state index contributed by atoms with van der Waals surface area (Å²) in [4.78, 5) is 27.3. The van der Waals surface area contributed by atoms with Crippen molar-refractivity contribution in [2.24, 2.45) is 0 Å². The molecule has 1 aliphatic heterocycles. The van der Waals surface area contributed by atoms with E-state index in [2.05, 4.69) is 15.6 Å². The third-order valence-corrected chi connectivity index (χ3v) is 3.18. The van der Waals surface area contributed by atoms with Crippen molar-refractivity contribution in [1.82, 2.24) is 15.6 Å². The lowest BCUT2D eigenvalue weighted by Gasteiger charge is -2.15. The number of amides is 2. The minimum Gasteiger partial charge on any atom is -0.472 e. The molecule has 1 aliphatic rings. The zero-order chi connectivity index (χ0) is 15.9. The number of carbonyl (C=O) groups is 2. The summed E-state index contributed by atoms with van der Waals surface area (Å²) in [7, 11) is 0. The number of halogens is 2. The van der Waals surface area contributed by atoms with Gasteiger partial charge in [-0.25, -0.2) is 13.8 Å². The van der Waals surface area contributed by atoms with Gasteiger partial charge in [0, 0.05) is 25.1 Å². The molecule has 0 aromatic carbocycles. The molecule has 1 fully saturated rings. The van der Waals surface area contributed by atoms with E-state index in [9.17, 15) is 18.4 Å². The highest BCUT2D eigenvalue weighted by Crippen LogP contribution is 2.11. The van der Waals surface area contributed by atoms with Crippen LogP contribution in [0.2, 0.25) is 0 Å². The summed E-state index contributed by atoms with van der Waals surface area (Å²) in [6.07, 6.45) is -1.05. The number of alkyl halides is 2. The molecule has 1 aromatic rings. The second kappa shape index (κ2) is 7.67. The maximum Gasteiger partial charge on any atom is 0.272 e. The highest BCUT2D eigenvalue weighted by atomic mass is 19.3. The van der Waals surface area contributed by atoms with Crippen LogP contribution < -0.4 is 15.4 Å². The number of nitrogens with zero attached hydrogens (tertiary/aromatic N) is 1. The van der Waals surface area contributed by atoms with Crippen LogP contribution in [-0.2, 0) is 4.79 Å². The summed E-state index contributed by atoms with van der Waals surface area (Å²) in [5, 5.41) is 5.52. The van der Waals surface area contributed by atoms with Gasteiger partial charge in [-0.05, 0) is 18.9 Å². The van der Waals surface area contributed by atoms with Crippen LogP contribution in [0.1, 0.15) is 29.8 Å². The highest BCUT2D eigenvalue weighted by Gasteiger charge is 2.19. The number of hydrogen-bond acceptors (Lipinski definition) is 4. The lowest BCUT2D eigenvalue weighted by molar-refractivity contribution is -0.120. The van der Waals surface area contributed by atoms with Crippen LogP contribution in [0.4, 0.5) is 8.78 Å². The first-order valence-electron chi connectivity index (χ1n) is 7.00. The first-order chi connectivity index (χ1) is 10.5. The maximum atomic E-state index is 12.1. The summed E-state index contributed by atoms with van der Waals surface area (Å²) in [6, 6.07) is 4.28. The summed E-state index contributed by atoms with van der Waals surface area (Å²) in [6.45, 7) is -0.261. The highest BCUT2D eigenvalue weighted by molar-refractivity contribution is 5.92. The van der Waals surface area contributed by atoms with E-state index in [1.807, 2.05) is 0 Å². The minimum atomic E-state index is -2.60. The molecule has 2 heterocycles. The maximum absolute atomic E-state index is 12.1. The molecule has 0 spiro atoms. The molecule has 0 aliphatic carbocycles. The van der Waals surface area contributed by atoms with Crippen LogP contribution in [0, 0.1) is 0 Å². The average molecular weight is 313 g/mol. The van der Waals surface area contributed by atoms with Gasteiger partial charge in [-0.3, -0.25) is 9.59 Å². The SMILES string of the molecule is O=C1CCC(NC(=O)c2cccc(OCC(F)F)n2)CCN1. The zero-order valence-electron chi connectivity index (χ0n) is 11.9. The standard InChI is InChI=1S/C14H17F2N3O3/c15-11(16)8-22-13-3-1-2-10(19-13)14(21)18-9-4-5-12(20)17-7-6-9/h1-3,9,11H,4-8H2,(H,17,20)(H,18,21). The molecule has 2 amide bonds. The molecular formula is C14H17F2N3O3. The molecule has 22 heavy (non-hydrogen) atoms.